The molecular weight excluding hydrogens is 254 g/mol. The Morgan fingerprint density at radius 2 is 1.95 bits per heavy atom. The molecule has 0 aromatic carbocycles. The summed E-state index contributed by atoms with van der Waals surface area (Å²) < 4.78 is 7.35. The highest BCUT2D eigenvalue weighted by molar-refractivity contribution is 5.65. The molecule has 20 heavy (non-hydrogen) atoms. The van der Waals surface area contributed by atoms with Gasteiger partial charge in [0.15, 0.2) is 0 Å². The second-order valence-electron chi connectivity index (χ2n) is 5.84. The fourth-order valence-corrected chi connectivity index (χ4v) is 2.53. The van der Waals surface area contributed by atoms with Crippen LogP contribution in [0.2, 0.25) is 0 Å². The average molecular weight is 281 g/mol. The molecule has 2 heterocycles. The summed E-state index contributed by atoms with van der Waals surface area (Å²) in [6.07, 6.45) is 0. The Bertz CT molecular complexity index is 437. The van der Waals surface area contributed by atoms with Gasteiger partial charge in [0.25, 0.3) is 0 Å². The number of aromatic nitrogens is 2. The first kappa shape index (κ1) is 15.1. The maximum atomic E-state index is 6.14. The van der Waals surface area contributed by atoms with Crippen LogP contribution in [0.25, 0.3) is 0 Å². The summed E-state index contributed by atoms with van der Waals surface area (Å²) in [5, 5.41) is 8.03. The average Bonchev–Trinajstić information content (AvgIpc) is 2.68. The molecule has 1 saturated heterocycles. The van der Waals surface area contributed by atoms with Gasteiger partial charge in [-0.05, 0) is 27.7 Å². The van der Waals surface area contributed by atoms with E-state index in [1.807, 2.05) is 11.6 Å². The van der Waals surface area contributed by atoms with Gasteiger partial charge in [0, 0.05) is 31.7 Å². The summed E-state index contributed by atoms with van der Waals surface area (Å²) in [6, 6.07) is 0.619. The molecule has 114 valence electrons. The van der Waals surface area contributed by atoms with Crippen molar-refractivity contribution in [2.75, 3.05) is 43.9 Å². The Balaban J connectivity index is 2.01. The summed E-state index contributed by atoms with van der Waals surface area (Å²) in [7, 11) is 0. The van der Waals surface area contributed by atoms with E-state index >= 15 is 0 Å². The van der Waals surface area contributed by atoms with E-state index in [0.717, 1.165) is 50.0 Å². The lowest BCUT2D eigenvalue weighted by molar-refractivity contribution is 0.0367. The second-order valence-corrected chi connectivity index (χ2v) is 5.84. The van der Waals surface area contributed by atoms with Crippen LogP contribution in [0.4, 0.5) is 11.5 Å². The third-order valence-electron chi connectivity index (χ3n) is 3.64. The highest BCUT2D eigenvalue weighted by Crippen LogP contribution is 2.26. The van der Waals surface area contributed by atoms with Gasteiger partial charge in [-0.3, -0.25) is 4.90 Å². The predicted molar refractivity (Wildman–Crippen MR) is 82.1 cm³/mol. The molecule has 1 aliphatic rings. The number of hydrogen-bond donors (Lipinski definition) is 2. The lowest BCUT2D eigenvalue weighted by atomic mass is 10.2. The first-order chi connectivity index (χ1) is 9.49. The molecule has 1 aliphatic heterocycles. The van der Waals surface area contributed by atoms with Crippen molar-refractivity contribution in [3.8, 4) is 0 Å². The first-order valence-electron chi connectivity index (χ1n) is 7.40. The van der Waals surface area contributed by atoms with E-state index in [9.17, 15) is 0 Å². The van der Waals surface area contributed by atoms with Crippen LogP contribution in [0.5, 0.6) is 0 Å². The molecule has 6 heteroatoms. The molecule has 1 fully saturated rings. The van der Waals surface area contributed by atoms with Crippen molar-refractivity contribution in [1.29, 1.82) is 0 Å². The molecule has 0 radical (unpaired) electrons. The molecule has 3 N–H and O–H groups in total. The highest BCUT2D eigenvalue weighted by Gasteiger charge is 2.18. The van der Waals surface area contributed by atoms with E-state index in [2.05, 4.69) is 36.1 Å². The first-order valence-corrected chi connectivity index (χ1v) is 7.40. The van der Waals surface area contributed by atoms with E-state index in [4.69, 9.17) is 10.5 Å². The summed E-state index contributed by atoms with van der Waals surface area (Å²) in [6.45, 7) is 13.0. The molecule has 0 spiro atoms. The van der Waals surface area contributed by atoms with Gasteiger partial charge in [-0.25, -0.2) is 4.68 Å². The zero-order chi connectivity index (χ0) is 14.7. The number of anilines is 2. The fourth-order valence-electron chi connectivity index (χ4n) is 2.53. The zero-order valence-corrected chi connectivity index (χ0v) is 13.0. The molecule has 2 rings (SSSR count). The number of rotatable bonds is 5. The molecule has 0 amide bonds. The van der Waals surface area contributed by atoms with Crippen molar-refractivity contribution in [3.05, 3.63) is 5.69 Å². The number of aryl methyl sites for hydroxylation is 1. The van der Waals surface area contributed by atoms with Crippen LogP contribution in [-0.4, -0.2) is 53.6 Å². The molecular formula is C14H27N5O. The minimum atomic E-state index is 0.295. The lowest BCUT2D eigenvalue weighted by Gasteiger charge is -2.30. The Hall–Kier alpha value is -1.27. The van der Waals surface area contributed by atoms with Crippen molar-refractivity contribution in [2.24, 2.45) is 0 Å². The van der Waals surface area contributed by atoms with Gasteiger partial charge in [-0.2, -0.15) is 5.10 Å². The van der Waals surface area contributed by atoms with Crippen molar-refractivity contribution in [3.63, 3.8) is 0 Å². The van der Waals surface area contributed by atoms with Crippen LogP contribution in [0.1, 0.15) is 32.5 Å². The number of nitrogens with zero attached hydrogens (tertiary/aromatic N) is 3. The quantitative estimate of drug-likeness (QED) is 0.856. The topological polar surface area (TPSA) is 68.3 Å². The number of hydrogen-bond acceptors (Lipinski definition) is 5. The molecule has 1 atom stereocenters. The van der Waals surface area contributed by atoms with Crippen LogP contribution in [-0.2, 0) is 4.74 Å². The lowest BCUT2D eigenvalue weighted by Crippen LogP contribution is -2.42. The summed E-state index contributed by atoms with van der Waals surface area (Å²) in [5.74, 6) is 0.943. The highest BCUT2D eigenvalue weighted by atomic mass is 16.5. The third kappa shape index (κ3) is 3.43. The normalized spacial score (nSPS) is 18.4. The number of ether oxygens (including phenoxy) is 1. The number of nitrogens with two attached hydrogens (primary N) is 1. The van der Waals surface area contributed by atoms with Crippen molar-refractivity contribution in [2.45, 2.75) is 39.8 Å². The van der Waals surface area contributed by atoms with Crippen LogP contribution in [0.3, 0.4) is 0 Å². The van der Waals surface area contributed by atoms with Crippen molar-refractivity contribution < 1.29 is 4.74 Å². The van der Waals surface area contributed by atoms with Crippen LogP contribution in [0, 0.1) is 6.92 Å². The van der Waals surface area contributed by atoms with Gasteiger partial charge in [-0.1, -0.05) is 0 Å². The zero-order valence-electron chi connectivity index (χ0n) is 13.0. The number of nitrogens with one attached hydrogen (secondary N) is 1. The summed E-state index contributed by atoms with van der Waals surface area (Å²) >= 11 is 0. The van der Waals surface area contributed by atoms with E-state index in [-0.39, 0.29) is 0 Å². The van der Waals surface area contributed by atoms with E-state index in [0.29, 0.717) is 12.1 Å². The Kier molecular flexibility index (Phi) is 4.88. The van der Waals surface area contributed by atoms with E-state index in [1.54, 1.807) is 0 Å². The number of nitrogen functional groups attached to an aromatic ring is 1. The van der Waals surface area contributed by atoms with Gasteiger partial charge >= 0.3 is 0 Å². The monoisotopic (exact) mass is 281 g/mol. The summed E-state index contributed by atoms with van der Waals surface area (Å²) in [5.41, 5.74) is 7.79. The minimum absolute atomic E-state index is 0.295. The third-order valence-corrected chi connectivity index (χ3v) is 3.64. The van der Waals surface area contributed by atoms with Gasteiger partial charge in [-0.15, -0.1) is 0 Å². The van der Waals surface area contributed by atoms with Gasteiger partial charge < -0.3 is 15.8 Å². The standard InChI is InChI=1S/C14H27N5O/c1-10(2)19-14(13(15)12(4)17-19)16-11(3)9-18-5-7-20-8-6-18/h10-11,16H,5-9,15H2,1-4H3. The van der Waals surface area contributed by atoms with Gasteiger partial charge in [0.05, 0.1) is 24.6 Å². The van der Waals surface area contributed by atoms with Crippen LogP contribution >= 0.6 is 0 Å². The molecule has 6 nitrogen and oxygen atoms in total. The molecule has 0 saturated carbocycles. The smallest absolute Gasteiger partial charge is 0.148 e. The summed E-state index contributed by atoms with van der Waals surface area (Å²) in [4.78, 5) is 2.42. The van der Waals surface area contributed by atoms with Gasteiger partial charge in [0.2, 0.25) is 0 Å². The maximum absolute atomic E-state index is 6.14. The molecule has 0 bridgehead atoms. The maximum Gasteiger partial charge on any atom is 0.148 e. The Labute approximate surface area is 121 Å². The van der Waals surface area contributed by atoms with E-state index in [1.165, 1.54) is 0 Å². The van der Waals surface area contributed by atoms with Crippen molar-refractivity contribution >= 4 is 11.5 Å². The largest absolute Gasteiger partial charge is 0.394 e. The van der Waals surface area contributed by atoms with E-state index < -0.39 is 0 Å². The predicted octanol–water partition coefficient (Wildman–Crippen LogP) is 1.49. The van der Waals surface area contributed by atoms with Crippen molar-refractivity contribution in [1.82, 2.24) is 14.7 Å². The Morgan fingerprint density at radius 3 is 2.55 bits per heavy atom. The SMILES string of the molecule is Cc1nn(C(C)C)c(NC(C)CN2CCOCC2)c1N. The Morgan fingerprint density at radius 1 is 1.30 bits per heavy atom. The van der Waals surface area contributed by atoms with Crippen LogP contribution < -0.4 is 11.1 Å². The molecule has 1 aromatic heterocycles. The molecule has 0 aliphatic carbocycles. The van der Waals surface area contributed by atoms with Crippen LogP contribution in [0.15, 0.2) is 0 Å². The molecule has 1 unspecified atom stereocenters. The number of morpholine rings is 1. The van der Waals surface area contributed by atoms with Gasteiger partial charge in [0.1, 0.15) is 5.82 Å². The fraction of sp³-hybridized carbons (Fsp3) is 0.786. The minimum Gasteiger partial charge on any atom is -0.394 e. The molecule has 1 aromatic rings. The second kappa shape index (κ2) is 6.45.